The molecule has 0 amide bonds. The van der Waals surface area contributed by atoms with Crippen molar-refractivity contribution in [2.24, 2.45) is 11.8 Å². The maximum absolute atomic E-state index is 13.9. The van der Waals surface area contributed by atoms with E-state index < -0.39 is 11.7 Å². The van der Waals surface area contributed by atoms with E-state index in [0.29, 0.717) is 23.4 Å². The summed E-state index contributed by atoms with van der Waals surface area (Å²) in [7, 11) is 0. The average molecular weight is 758 g/mol. The van der Waals surface area contributed by atoms with Gasteiger partial charge in [0.1, 0.15) is 0 Å². The van der Waals surface area contributed by atoms with Crippen LogP contribution in [-0.2, 0) is 0 Å². The van der Waals surface area contributed by atoms with E-state index >= 15 is 0 Å². The fourth-order valence-electron chi connectivity index (χ4n) is 6.56. The highest BCUT2D eigenvalue weighted by atomic mass is 19.4. The molecule has 1 aromatic carbocycles. The summed E-state index contributed by atoms with van der Waals surface area (Å²) in [5.41, 5.74) is 4.37. The third-order valence-corrected chi connectivity index (χ3v) is 11.0. The smallest absolute Gasteiger partial charge is 0.355 e. The molecule has 0 aromatic heterocycles. The second kappa shape index (κ2) is 30.7. The van der Waals surface area contributed by atoms with Crippen LogP contribution >= 0.6 is 0 Å². The number of rotatable bonds is 23. The Kier molecular flexibility index (Phi) is 29.2. The third-order valence-electron chi connectivity index (χ3n) is 11.0. The highest BCUT2D eigenvalue weighted by Gasteiger charge is 2.39. The fourth-order valence-corrected chi connectivity index (χ4v) is 6.56. The van der Waals surface area contributed by atoms with Crippen LogP contribution in [0.4, 0.5) is 18.9 Å². The molecule has 0 saturated heterocycles. The van der Waals surface area contributed by atoms with Crippen LogP contribution in [0.15, 0.2) is 35.6 Å². The Balaban J connectivity index is 0.000000856. The van der Waals surface area contributed by atoms with Gasteiger partial charge < -0.3 is 10.2 Å². The molecule has 0 spiro atoms. The Hall–Kier alpha value is -2.52. The zero-order valence-electron chi connectivity index (χ0n) is 36.8. The molecule has 0 fully saturated rings. The van der Waals surface area contributed by atoms with Crippen molar-refractivity contribution in [3.63, 3.8) is 0 Å². The lowest BCUT2D eigenvalue weighted by Gasteiger charge is -2.27. The molecule has 1 heterocycles. The number of hydrogen-bond donors (Lipinski definition) is 1. The molecule has 6 heteroatoms. The number of anilines is 1. The number of fused-ring (bicyclic) bond motifs is 1. The van der Waals surface area contributed by atoms with Crippen molar-refractivity contribution < 1.29 is 13.2 Å². The molecule has 1 unspecified atom stereocenters. The second-order valence-corrected chi connectivity index (χ2v) is 15.8. The molecule has 54 heavy (non-hydrogen) atoms. The molecular weight excluding hydrogens is 676 g/mol. The van der Waals surface area contributed by atoms with Gasteiger partial charge in [-0.3, -0.25) is 0 Å². The lowest BCUT2D eigenvalue weighted by atomic mass is 9.85. The highest BCUT2D eigenvalue weighted by Crippen LogP contribution is 2.46. The van der Waals surface area contributed by atoms with Crippen molar-refractivity contribution in [3.05, 3.63) is 52.2 Å². The van der Waals surface area contributed by atoms with Crippen molar-refractivity contribution >= 4 is 16.8 Å². The monoisotopic (exact) mass is 758 g/mol. The normalized spacial score (nSPS) is 14.8. The first-order chi connectivity index (χ1) is 25.7. The van der Waals surface area contributed by atoms with Crippen molar-refractivity contribution in [1.82, 2.24) is 4.90 Å². The summed E-state index contributed by atoms with van der Waals surface area (Å²) < 4.78 is 41.7. The van der Waals surface area contributed by atoms with Crippen LogP contribution in [0, 0.1) is 30.1 Å². The van der Waals surface area contributed by atoms with Crippen molar-refractivity contribution in [2.75, 3.05) is 25.0 Å². The van der Waals surface area contributed by atoms with Gasteiger partial charge in [-0.05, 0) is 107 Å². The summed E-state index contributed by atoms with van der Waals surface area (Å²) in [5.74, 6) is 1.77. The fraction of sp³-hybridized carbons (Fsp3) is 0.729. The lowest BCUT2D eigenvalue weighted by molar-refractivity contribution is -0.0689. The zero-order chi connectivity index (χ0) is 40.9. The van der Waals surface area contributed by atoms with Gasteiger partial charge >= 0.3 is 6.18 Å². The van der Waals surface area contributed by atoms with Crippen molar-refractivity contribution in [3.8, 4) is 6.07 Å². The molecule has 0 saturated carbocycles. The van der Waals surface area contributed by atoms with Crippen LogP contribution in [0.25, 0.3) is 11.1 Å². The quantitative estimate of drug-likeness (QED) is 0.113. The van der Waals surface area contributed by atoms with Gasteiger partial charge in [-0.25, -0.2) is 0 Å². The molecule has 310 valence electrons. The number of nitrogens with zero attached hydrogens (tertiary/aromatic N) is 2. The third kappa shape index (κ3) is 21.5. The van der Waals surface area contributed by atoms with Gasteiger partial charge in [0.15, 0.2) is 0 Å². The van der Waals surface area contributed by atoms with Gasteiger partial charge in [-0.2, -0.15) is 18.4 Å². The van der Waals surface area contributed by atoms with Crippen LogP contribution < -0.4 is 5.32 Å². The number of allylic oxidation sites excluding steroid dienone is 5. The van der Waals surface area contributed by atoms with E-state index in [1.165, 1.54) is 89.5 Å². The molecule has 2 rings (SSSR count). The molecule has 0 radical (unpaired) electrons. The Labute approximate surface area is 332 Å². The van der Waals surface area contributed by atoms with E-state index in [0.717, 1.165) is 73.9 Å². The first-order valence-electron chi connectivity index (χ1n) is 21.9. The maximum Gasteiger partial charge on any atom is 0.417 e. The topological polar surface area (TPSA) is 39.1 Å². The zero-order valence-corrected chi connectivity index (χ0v) is 36.8. The molecule has 0 bridgehead atoms. The highest BCUT2D eigenvalue weighted by molar-refractivity contribution is 5.93. The summed E-state index contributed by atoms with van der Waals surface area (Å²) in [6, 6.07) is 5.87. The number of halogens is 3. The first kappa shape index (κ1) is 51.5. The first-order valence-corrected chi connectivity index (χ1v) is 21.9. The molecular formula is C48H82F3N3. The summed E-state index contributed by atoms with van der Waals surface area (Å²) >= 11 is 0. The summed E-state index contributed by atoms with van der Waals surface area (Å²) in [4.78, 5) is 2.41. The second-order valence-electron chi connectivity index (χ2n) is 15.8. The molecule has 0 aliphatic carbocycles. The minimum absolute atomic E-state index is 0.274. The van der Waals surface area contributed by atoms with E-state index in [1.807, 2.05) is 39.8 Å². The predicted octanol–water partition coefficient (Wildman–Crippen LogP) is 16.3. The van der Waals surface area contributed by atoms with Gasteiger partial charge in [-0.1, -0.05) is 150 Å². The number of alkyl halides is 3. The van der Waals surface area contributed by atoms with Crippen LogP contribution in [0.3, 0.4) is 0 Å². The summed E-state index contributed by atoms with van der Waals surface area (Å²) in [6.45, 7) is 26.8. The number of unbranched alkanes of at least 4 members (excludes halogenated alkanes) is 9. The van der Waals surface area contributed by atoms with E-state index in [-0.39, 0.29) is 5.56 Å². The maximum atomic E-state index is 13.9. The van der Waals surface area contributed by atoms with Crippen LogP contribution in [0.1, 0.15) is 202 Å². The number of hydrogen-bond acceptors (Lipinski definition) is 3. The molecule has 1 aromatic rings. The molecule has 1 aliphatic rings. The molecule has 1 aliphatic heterocycles. The van der Waals surface area contributed by atoms with E-state index in [9.17, 15) is 13.2 Å². The Morgan fingerprint density at radius 2 is 1.39 bits per heavy atom. The number of nitriles is 1. The van der Waals surface area contributed by atoms with E-state index in [1.54, 1.807) is 6.07 Å². The summed E-state index contributed by atoms with van der Waals surface area (Å²) in [5, 5.41) is 11.7. The van der Waals surface area contributed by atoms with E-state index in [2.05, 4.69) is 64.8 Å². The Morgan fingerprint density at radius 3 is 1.93 bits per heavy atom. The number of nitrogens with one attached hydrogen (secondary N) is 1. The van der Waals surface area contributed by atoms with Gasteiger partial charge in [0.05, 0.1) is 11.6 Å². The Morgan fingerprint density at radius 1 is 0.796 bits per heavy atom. The minimum atomic E-state index is -4.40. The predicted molar refractivity (Wildman–Crippen MR) is 233 cm³/mol. The van der Waals surface area contributed by atoms with Gasteiger partial charge in [-0.15, -0.1) is 0 Å². The summed E-state index contributed by atoms with van der Waals surface area (Å²) in [6.07, 6.45) is 21.1. The molecule has 1 N–H and O–H groups in total. The van der Waals surface area contributed by atoms with Gasteiger partial charge in [0.25, 0.3) is 0 Å². The lowest BCUT2D eigenvalue weighted by Crippen LogP contribution is -2.27. The van der Waals surface area contributed by atoms with Crippen molar-refractivity contribution in [2.45, 2.75) is 198 Å². The standard InChI is InChI=1S/C22H28F3N.C14H30.C12H24N2/c1-6-8-9-10-17-13-18(22(23,24)25)21-19(26-17)12-11-15(4)20(21)16(5)14(3)7-2;1-4-6-7-8-9-10-11-12-13-14(3)5-2;1-4-9-14(10-6-8-13)11-7-12(3)5-2/h10-13,26H,6-9H2,1-5H3;14H,4-13H2,1-3H3;12H,4-7,9-11H2,1-3H3/b16-14+,17-10-;;/t;;12-/m..1/s1. The number of aryl methyl sites for hydroxylation is 1. The van der Waals surface area contributed by atoms with Gasteiger partial charge in [0.2, 0.25) is 0 Å². The molecule has 3 nitrogen and oxygen atoms in total. The SMILES string of the molecule is CCCC/C=C1/C=C(C(F)(F)F)c2c(ccc(C)c2/C(C)=C(\C)CC)N1.CCCCCCCCCCC(C)CC.CCCN(CCC#N)CC[C@H](C)CC. The molecule has 2 atom stereocenters. The van der Waals surface area contributed by atoms with Gasteiger partial charge in [0, 0.05) is 29.9 Å². The minimum Gasteiger partial charge on any atom is -0.355 e. The van der Waals surface area contributed by atoms with Crippen molar-refractivity contribution in [1.29, 1.82) is 5.26 Å². The Bertz CT molecular complexity index is 1270. The van der Waals surface area contributed by atoms with E-state index in [4.69, 9.17) is 5.26 Å². The van der Waals surface area contributed by atoms with Crippen LogP contribution in [0.5, 0.6) is 0 Å². The van der Waals surface area contributed by atoms with Crippen LogP contribution in [-0.4, -0.2) is 30.7 Å². The largest absolute Gasteiger partial charge is 0.417 e. The average Bonchev–Trinajstić information content (AvgIpc) is 3.16. The van der Waals surface area contributed by atoms with Crippen LogP contribution in [0.2, 0.25) is 0 Å². The number of benzene rings is 1.